The minimum atomic E-state index is -0.472. The fourth-order valence-corrected chi connectivity index (χ4v) is 2.27. The molecule has 0 aliphatic heterocycles. The smallest absolute Gasteiger partial charge is 0.157 e. The van der Waals surface area contributed by atoms with Gasteiger partial charge in [-0.15, -0.1) is 0 Å². The number of hydrogen-bond acceptors (Lipinski definition) is 2. The van der Waals surface area contributed by atoms with Crippen molar-refractivity contribution >= 4 is 33.2 Å². The quantitative estimate of drug-likeness (QED) is 0.826. The molecule has 0 bridgehead atoms. The maximum atomic E-state index is 13.1. The molecular formula is C13H9BrClF2NO. The van der Waals surface area contributed by atoms with Crippen LogP contribution in [0.5, 0.6) is 5.75 Å². The molecule has 0 heterocycles. The molecule has 6 heteroatoms. The van der Waals surface area contributed by atoms with Gasteiger partial charge in [-0.25, -0.2) is 8.78 Å². The Hall–Kier alpha value is -1.33. The van der Waals surface area contributed by atoms with Gasteiger partial charge in [-0.1, -0.05) is 11.6 Å². The molecule has 0 amide bonds. The van der Waals surface area contributed by atoms with Gasteiger partial charge in [0.05, 0.1) is 10.2 Å². The minimum Gasteiger partial charge on any atom is -0.485 e. The summed E-state index contributed by atoms with van der Waals surface area (Å²) in [4.78, 5) is 0. The highest BCUT2D eigenvalue weighted by molar-refractivity contribution is 9.10. The van der Waals surface area contributed by atoms with Gasteiger partial charge in [-0.3, -0.25) is 0 Å². The van der Waals surface area contributed by atoms with Gasteiger partial charge in [0.2, 0.25) is 0 Å². The van der Waals surface area contributed by atoms with Gasteiger partial charge in [0.1, 0.15) is 18.2 Å². The second-order valence-electron chi connectivity index (χ2n) is 3.83. The molecule has 0 saturated carbocycles. The fourth-order valence-electron chi connectivity index (χ4n) is 1.54. The zero-order chi connectivity index (χ0) is 14.0. The standard InChI is InChI=1S/C13H9BrClF2NO/c14-10-4-9(17)5-12(18)13(10)19-6-7-3-8(16)1-2-11(7)15/h1-5H,6,18H2. The van der Waals surface area contributed by atoms with Crippen molar-refractivity contribution in [3.05, 3.63) is 57.0 Å². The van der Waals surface area contributed by atoms with Crippen molar-refractivity contribution in [1.29, 1.82) is 0 Å². The third kappa shape index (κ3) is 3.36. The van der Waals surface area contributed by atoms with E-state index in [-0.39, 0.29) is 12.3 Å². The number of ether oxygens (including phenoxy) is 1. The van der Waals surface area contributed by atoms with E-state index in [1.807, 2.05) is 0 Å². The number of hydrogen-bond donors (Lipinski definition) is 1. The van der Waals surface area contributed by atoms with Crippen LogP contribution in [0.15, 0.2) is 34.8 Å². The molecule has 0 spiro atoms. The SMILES string of the molecule is Nc1cc(F)cc(Br)c1OCc1cc(F)ccc1Cl. The molecule has 2 aromatic carbocycles. The molecular weight excluding hydrogens is 340 g/mol. The molecule has 0 atom stereocenters. The Morgan fingerprint density at radius 3 is 2.58 bits per heavy atom. The minimum absolute atomic E-state index is 0.0328. The Morgan fingerprint density at radius 2 is 1.89 bits per heavy atom. The highest BCUT2D eigenvalue weighted by Crippen LogP contribution is 2.33. The van der Waals surface area contributed by atoms with E-state index in [0.717, 1.165) is 6.07 Å². The van der Waals surface area contributed by atoms with Crippen LogP contribution in [0, 0.1) is 11.6 Å². The summed E-state index contributed by atoms with van der Waals surface area (Å²) in [5, 5.41) is 0.387. The van der Waals surface area contributed by atoms with Crippen LogP contribution in [0.2, 0.25) is 5.02 Å². The van der Waals surface area contributed by atoms with Crippen molar-refractivity contribution in [2.75, 3.05) is 5.73 Å². The predicted octanol–water partition coefficient (Wildman–Crippen LogP) is 4.54. The van der Waals surface area contributed by atoms with Crippen molar-refractivity contribution in [1.82, 2.24) is 0 Å². The third-order valence-electron chi connectivity index (χ3n) is 2.42. The van der Waals surface area contributed by atoms with Gasteiger partial charge >= 0.3 is 0 Å². The fraction of sp³-hybridized carbons (Fsp3) is 0.0769. The first-order valence-electron chi connectivity index (χ1n) is 5.28. The molecule has 2 aromatic rings. The zero-order valence-electron chi connectivity index (χ0n) is 9.59. The molecule has 2 N–H and O–H groups in total. The second kappa shape index (κ2) is 5.75. The van der Waals surface area contributed by atoms with Crippen molar-refractivity contribution in [2.24, 2.45) is 0 Å². The van der Waals surface area contributed by atoms with Crippen LogP contribution in [-0.2, 0) is 6.61 Å². The summed E-state index contributed by atoms with van der Waals surface area (Å²) < 4.78 is 32.0. The van der Waals surface area contributed by atoms with E-state index >= 15 is 0 Å². The van der Waals surface area contributed by atoms with Gasteiger partial charge in [0.15, 0.2) is 5.75 Å². The third-order valence-corrected chi connectivity index (χ3v) is 3.37. The van der Waals surface area contributed by atoms with Gasteiger partial charge in [-0.05, 0) is 40.2 Å². The first-order chi connectivity index (χ1) is 8.97. The predicted molar refractivity (Wildman–Crippen MR) is 74.3 cm³/mol. The first kappa shape index (κ1) is 14.1. The first-order valence-corrected chi connectivity index (χ1v) is 6.45. The topological polar surface area (TPSA) is 35.2 Å². The van der Waals surface area contributed by atoms with Gasteiger partial charge < -0.3 is 10.5 Å². The van der Waals surface area contributed by atoms with E-state index in [2.05, 4.69) is 15.9 Å². The molecule has 0 aliphatic rings. The Balaban J connectivity index is 2.21. The highest BCUT2D eigenvalue weighted by atomic mass is 79.9. The van der Waals surface area contributed by atoms with Crippen LogP contribution < -0.4 is 10.5 Å². The lowest BCUT2D eigenvalue weighted by atomic mass is 10.2. The van der Waals surface area contributed by atoms with Crippen molar-refractivity contribution in [3.8, 4) is 5.75 Å². The summed E-state index contributed by atoms with van der Waals surface area (Å²) in [7, 11) is 0. The van der Waals surface area contributed by atoms with Gasteiger partial charge in [0.25, 0.3) is 0 Å². The Morgan fingerprint density at radius 1 is 1.16 bits per heavy atom. The molecule has 2 nitrogen and oxygen atoms in total. The van der Waals surface area contributed by atoms with Crippen LogP contribution >= 0.6 is 27.5 Å². The molecule has 0 fully saturated rings. The maximum absolute atomic E-state index is 13.1. The van der Waals surface area contributed by atoms with Crippen molar-refractivity contribution in [2.45, 2.75) is 6.61 Å². The normalized spacial score (nSPS) is 10.5. The second-order valence-corrected chi connectivity index (χ2v) is 5.09. The monoisotopic (exact) mass is 347 g/mol. The lowest BCUT2D eigenvalue weighted by Crippen LogP contribution is -2.01. The summed E-state index contributed by atoms with van der Waals surface area (Å²) in [5.41, 5.74) is 6.29. The van der Waals surface area contributed by atoms with E-state index in [0.29, 0.717) is 20.8 Å². The van der Waals surface area contributed by atoms with Crippen LogP contribution in [0.4, 0.5) is 14.5 Å². The number of benzene rings is 2. The number of rotatable bonds is 3. The Bertz CT molecular complexity index is 599. The molecule has 0 aliphatic carbocycles. The maximum Gasteiger partial charge on any atom is 0.157 e. The number of halogens is 4. The van der Waals surface area contributed by atoms with Crippen LogP contribution in [-0.4, -0.2) is 0 Å². The molecule has 0 radical (unpaired) electrons. The number of nitrogen functional groups attached to an aromatic ring is 1. The summed E-state index contributed by atoms with van der Waals surface area (Å²) in [5.74, 6) is -0.587. The average molecular weight is 349 g/mol. The van der Waals surface area contributed by atoms with E-state index in [9.17, 15) is 8.78 Å². The summed E-state index contributed by atoms with van der Waals surface area (Å²) in [6.07, 6.45) is 0. The zero-order valence-corrected chi connectivity index (χ0v) is 11.9. The Kier molecular flexibility index (Phi) is 4.27. The summed E-state index contributed by atoms with van der Waals surface area (Å²) in [6.45, 7) is 0.0328. The van der Waals surface area contributed by atoms with E-state index in [1.165, 1.54) is 24.3 Å². The lowest BCUT2D eigenvalue weighted by Gasteiger charge is -2.12. The summed E-state index contributed by atoms with van der Waals surface area (Å²) in [6, 6.07) is 6.36. The molecule has 0 aromatic heterocycles. The van der Waals surface area contributed by atoms with Crippen LogP contribution in [0.25, 0.3) is 0 Å². The van der Waals surface area contributed by atoms with E-state index in [4.69, 9.17) is 22.1 Å². The average Bonchev–Trinajstić information content (AvgIpc) is 2.32. The molecule has 19 heavy (non-hydrogen) atoms. The van der Waals surface area contributed by atoms with E-state index in [1.54, 1.807) is 0 Å². The number of nitrogens with two attached hydrogens (primary N) is 1. The van der Waals surface area contributed by atoms with Crippen LogP contribution in [0.3, 0.4) is 0 Å². The molecule has 100 valence electrons. The van der Waals surface area contributed by atoms with Crippen molar-refractivity contribution in [3.63, 3.8) is 0 Å². The van der Waals surface area contributed by atoms with Gasteiger partial charge in [0, 0.05) is 16.7 Å². The molecule has 2 rings (SSSR count). The number of anilines is 1. The highest BCUT2D eigenvalue weighted by Gasteiger charge is 2.10. The van der Waals surface area contributed by atoms with Crippen molar-refractivity contribution < 1.29 is 13.5 Å². The molecule has 0 saturated heterocycles. The Labute approximate surface area is 122 Å². The molecule has 0 unspecified atom stereocenters. The van der Waals surface area contributed by atoms with Gasteiger partial charge in [-0.2, -0.15) is 0 Å². The van der Waals surface area contributed by atoms with E-state index < -0.39 is 11.6 Å². The summed E-state index contributed by atoms with van der Waals surface area (Å²) >= 11 is 9.07. The van der Waals surface area contributed by atoms with Crippen LogP contribution in [0.1, 0.15) is 5.56 Å². The lowest BCUT2D eigenvalue weighted by molar-refractivity contribution is 0.305. The largest absolute Gasteiger partial charge is 0.485 e.